The normalized spacial score (nSPS) is 31.2. The topological polar surface area (TPSA) is 38.5 Å². The number of nitrogens with two attached hydrogens (primary N) is 1. The lowest BCUT2D eigenvalue weighted by Gasteiger charge is -2.38. The molecule has 0 saturated carbocycles. The molecule has 0 aliphatic carbocycles. The molecule has 1 aliphatic heterocycles. The van der Waals surface area contributed by atoms with Gasteiger partial charge in [0.05, 0.1) is 6.10 Å². The Hall–Kier alpha value is -0.120. The maximum atomic E-state index is 6.03. The molecule has 1 rings (SSSR count). The van der Waals surface area contributed by atoms with E-state index < -0.39 is 0 Å². The highest BCUT2D eigenvalue weighted by atomic mass is 16.5. The molecule has 0 amide bonds. The van der Waals surface area contributed by atoms with Gasteiger partial charge in [-0.2, -0.15) is 0 Å². The zero-order chi connectivity index (χ0) is 9.84. The van der Waals surface area contributed by atoms with Crippen LogP contribution in [0.25, 0.3) is 0 Å². The number of likely N-dealkylation sites (tertiary alicyclic amines) is 1. The standard InChI is InChI=1S/C10H22N2O/c1-4-13-10-5-6-12(8(2)3)7-9(10)11/h8-10H,4-7,11H2,1-3H3/t9-,10+/m0/s1. The fourth-order valence-corrected chi connectivity index (χ4v) is 1.88. The van der Waals surface area contributed by atoms with E-state index in [9.17, 15) is 0 Å². The summed E-state index contributed by atoms with van der Waals surface area (Å²) in [6.45, 7) is 9.33. The summed E-state index contributed by atoms with van der Waals surface area (Å²) in [5.74, 6) is 0. The van der Waals surface area contributed by atoms with Gasteiger partial charge in [0.15, 0.2) is 0 Å². The van der Waals surface area contributed by atoms with Gasteiger partial charge >= 0.3 is 0 Å². The molecule has 78 valence electrons. The third kappa shape index (κ3) is 2.93. The SMILES string of the molecule is CCO[C@@H]1CCN(C(C)C)C[C@@H]1N. The Labute approximate surface area is 81.2 Å². The molecule has 0 radical (unpaired) electrons. The minimum atomic E-state index is 0.191. The van der Waals surface area contributed by atoms with E-state index in [1.54, 1.807) is 0 Å². The van der Waals surface area contributed by atoms with Crippen molar-refractivity contribution in [2.75, 3.05) is 19.7 Å². The summed E-state index contributed by atoms with van der Waals surface area (Å²) in [7, 11) is 0. The molecule has 1 heterocycles. The van der Waals surface area contributed by atoms with Crippen molar-refractivity contribution in [3.63, 3.8) is 0 Å². The summed E-state index contributed by atoms with van der Waals surface area (Å²) in [4.78, 5) is 2.42. The number of hydrogen-bond acceptors (Lipinski definition) is 3. The third-order valence-corrected chi connectivity index (χ3v) is 2.73. The molecular weight excluding hydrogens is 164 g/mol. The van der Waals surface area contributed by atoms with Gasteiger partial charge in [-0.25, -0.2) is 0 Å². The quantitative estimate of drug-likeness (QED) is 0.709. The Kier molecular flexibility index (Phi) is 4.16. The van der Waals surface area contributed by atoms with Gasteiger partial charge in [-0.15, -0.1) is 0 Å². The molecule has 13 heavy (non-hydrogen) atoms. The molecular formula is C10H22N2O. The van der Waals surface area contributed by atoms with E-state index in [-0.39, 0.29) is 12.1 Å². The highest BCUT2D eigenvalue weighted by Gasteiger charge is 2.27. The molecule has 1 fully saturated rings. The van der Waals surface area contributed by atoms with Crippen molar-refractivity contribution in [3.8, 4) is 0 Å². The average Bonchev–Trinajstić information content (AvgIpc) is 2.08. The van der Waals surface area contributed by atoms with E-state index in [0.29, 0.717) is 6.04 Å². The lowest BCUT2D eigenvalue weighted by Crippen LogP contribution is -2.54. The number of nitrogens with zero attached hydrogens (tertiary/aromatic N) is 1. The van der Waals surface area contributed by atoms with E-state index in [0.717, 1.165) is 26.1 Å². The van der Waals surface area contributed by atoms with E-state index in [2.05, 4.69) is 18.7 Å². The monoisotopic (exact) mass is 186 g/mol. The zero-order valence-electron chi connectivity index (χ0n) is 8.99. The van der Waals surface area contributed by atoms with E-state index in [1.807, 2.05) is 6.92 Å². The van der Waals surface area contributed by atoms with Crippen LogP contribution in [0.2, 0.25) is 0 Å². The summed E-state index contributed by atoms with van der Waals surface area (Å²) < 4.78 is 5.57. The summed E-state index contributed by atoms with van der Waals surface area (Å²) in [6, 6.07) is 0.796. The fraction of sp³-hybridized carbons (Fsp3) is 1.00. The van der Waals surface area contributed by atoms with E-state index >= 15 is 0 Å². The summed E-state index contributed by atoms with van der Waals surface area (Å²) in [6.07, 6.45) is 1.35. The van der Waals surface area contributed by atoms with Crippen LogP contribution in [0, 0.1) is 0 Å². The van der Waals surface area contributed by atoms with Gasteiger partial charge in [0.25, 0.3) is 0 Å². The Morgan fingerprint density at radius 2 is 2.23 bits per heavy atom. The first-order valence-corrected chi connectivity index (χ1v) is 5.26. The van der Waals surface area contributed by atoms with Crippen molar-refractivity contribution in [2.45, 2.75) is 45.4 Å². The molecule has 0 aromatic carbocycles. The highest BCUT2D eigenvalue weighted by Crippen LogP contribution is 2.14. The first kappa shape index (κ1) is 11.0. The van der Waals surface area contributed by atoms with Crippen LogP contribution in [-0.4, -0.2) is 42.8 Å². The van der Waals surface area contributed by atoms with Gasteiger partial charge in [0.1, 0.15) is 0 Å². The molecule has 0 aromatic heterocycles. The van der Waals surface area contributed by atoms with Gasteiger partial charge in [0.2, 0.25) is 0 Å². The number of piperidine rings is 1. The molecule has 0 unspecified atom stereocenters. The van der Waals surface area contributed by atoms with Gasteiger partial charge < -0.3 is 10.5 Å². The molecule has 2 N–H and O–H groups in total. The average molecular weight is 186 g/mol. The van der Waals surface area contributed by atoms with Crippen molar-refractivity contribution < 1.29 is 4.74 Å². The van der Waals surface area contributed by atoms with Crippen LogP contribution in [0.5, 0.6) is 0 Å². The van der Waals surface area contributed by atoms with Crippen LogP contribution in [0.15, 0.2) is 0 Å². The smallest absolute Gasteiger partial charge is 0.0750 e. The first-order chi connectivity index (χ1) is 6.15. The molecule has 2 atom stereocenters. The van der Waals surface area contributed by atoms with Crippen LogP contribution in [0.4, 0.5) is 0 Å². The number of rotatable bonds is 3. The third-order valence-electron chi connectivity index (χ3n) is 2.73. The largest absolute Gasteiger partial charge is 0.377 e. The van der Waals surface area contributed by atoms with Crippen molar-refractivity contribution in [1.82, 2.24) is 4.90 Å². The Morgan fingerprint density at radius 3 is 2.69 bits per heavy atom. The second-order valence-corrected chi connectivity index (χ2v) is 4.04. The maximum Gasteiger partial charge on any atom is 0.0750 e. The van der Waals surface area contributed by atoms with Crippen LogP contribution in [0.3, 0.4) is 0 Å². The van der Waals surface area contributed by atoms with Gasteiger partial charge in [-0.05, 0) is 27.2 Å². The second-order valence-electron chi connectivity index (χ2n) is 4.04. The van der Waals surface area contributed by atoms with Crippen molar-refractivity contribution >= 4 is 0 Å². The molecule has 1 saturated heterocycles. The summed E-state index contributed by atoms with van der Waals surface area (Å²) in [5.41, 5.74) is 6.03. The number of hydrogen-bond donors (Lipinski definition) is 1. The molecule has 0 aromatic rings. The van der Waals surface area contributed by atoms with Crippen LogP contribution >= 0.6 is 0 Å². The first-order valence-electron chi connectivity index (χ1n) is 5.26. The highest BCUT2D eigenvalue weighted by molar-refractivity contribution is 4.85. The molecule has 0 spiro atoms. The van der Waals surface area contributed by atoms with Gasteiger partial charge in [-0.1, -0.05) is 0 Å². The Bertz CT molecular complexity index is 150. The van der Waals surface area contributed by atoms with Crippen molar-refractivity contribution in [1.29, 1.82) is 0 Å². The predicted octanol–water partition coefficient (Wildman–Crippen LogP) is 0.833. The van der Waals surface area contributed by atoms with Gasteiger partial charge in [-0.3, -0.25) is 4.90 Å². The lowest BCUT2D eigenvalue weighted by molar-refractivity contribution is -0.00688. The van der Waals surface area contributed by atoms with Crippen LogP contribution < -0.4 is 5.73 Å². The lowest BCUT2D eigenvalue weighted by atomic mass is 10.0. The number of ether oxygens (including phenoxy) is 1. The summed E-state index contributed by atoms with van der Waals surface area (Å²) >= 11 is 0. The van der Waals surface area contributed by atoms with Crippen LogP contribution in [0.1, 0.15) is 27.2 Å². The predicted molar refractivity (Wildman–Crippen MR) is 54.7 cm³/mol. The molecule has 3 heteroatoms. The Morgan fingerprint density at radius 1 is 1.54 bits per heavy atom. The zero-order valence-corrected chi connectivity index (χ0v) is 8.99. The van der Waals surface area contributed by atoms with E-state index in [1.165, 1.54) is 0 Å². The van der Waals surface area contributed by atoms with Crippen LogP contribution in [-0.2, 0) is 4.74 Å². The van der Waals surface area contributed by atoms with Gasteiger partial charge in [0, 0.05) is 31.8 Å². The van der Waals surface area contributed by atoms with E-state index in [4.69, 9.17) is 10.5 Å². The Balaban J connectivity index is 2.37. The van der Waals surface area contributed by atoms with Crippen molar-refractivity contribution in [2.24, 2.45) is 5.73 Å². The molecule has 3 nitrogen and oxygen atoms in total. The fourth-order valence-electron chi connectivity index (χ4n) is 1.88. The molecule has 1 aliphatic rings. The minimum Gasteiger partial charge on any atom is -0.377 e. The minimum absolute atomic E-state index is 0.191. The maximum absolute atomic E-state index is 6.03. The second kappa shape index (κ2) is 4.94. The summed E-state index contributed by atoms with van der Waals surface area (Å²) in [5, 5.41) is 0. The van der Waals surface area contributed by atoms with Crippen molar-refractivity contribution in [3.05, 3.63) is 0 Å². The molecule has 0 bridgehead atoms.